The number of fused-ring (bicyclic) bond motifs is 2. The molecule has 0 unspecified atom stereocenters. The maximum absolute atomic E-state index is 12.6. The number of nitrogens with zero attached hydrogens (tertiary/aromatic N) is 4. The van der Waals surface area contributed by atoms with Gasteiger partial charge in [-0.25, -0.2) is 18.4 Å². The van der Waals surface area contributed by atoms with Crippen LogP contribution >= 0.6 is 0 Å². The summed E-state index contributed by atoms with van der Waals surface area (Å²) in [5.41, 5.74) is 3.48. The Hall–Kier alpha value is -3.20. The van der Waals surface area contributed by atoms with E-state index in [1.807, 2.05) is 55.5 Å². The number of nitrogens with one attached hydrogen (secondary N) is 1. The van der Waals surface area contributed by atoms with Gasteiger partial charge in [-0.3, -0.25) is 4.79 Å². The number of amides is 1. The Morgan fingerprint density at radius 3 is 2.26 bits per heavy atom. The largest absolute Gasteiger partial charge is 0.354 e. The second kappa shape index (κ2) is 8.50. The Morgan fingerprint density at radius 2 is 1.58 bits per heavy atom. The SMILES string of the molecule is Cc1nc2ccccc2n1CCCNC(=O)Cn1c(CS(C)(=O)=O)nc2ccccc21. The number of aromatic nitrogens is 4. The summed E-state index contributed by atoms with van der Waals surface area (Å²) in [4.78, 5) is 21.6. The molecule has 162 valence electrons. The average molecular weight is 440 g/mol. The summed E-state index contributed by atoms with van der Waals surface area (Å²) in [5.74, 6) is 0.939. The number of para-hydroxylation sites is 4. The zero-order valence-electron chi connectivity index (χ0n) is 17.6. The summed E-state index contributed by atoms with van der Waals surface area (Å²) in [7, 11) is -3.27. The molecule has 0 aliphatic rings. The molecule has 0 saturated heterocycles. The summed E-state index contributed by atoms with van der Waals surface area (Å²) >= 11 is 0. The molecule has 1 amide bonds. The standard InChI is InChI=1S/C22H25N5O3S/c1-16-24-17-8-3-5-10-19(17)26(16)13-7-12-23-22(28)14-27-20-11-6-4-9-18(20)25-21(27)15-31(2,29)30/h3-6,8-11H,7,12-15H2,1-2H3,(H,23,28). The lowest BCUT2D eigenvalue weighted by Crippen LogP contribution is -2.29. The van der Waals surface area contributed by atoms with Crippen LogP contribution in [0.5, 0.6) is 0 Å². The smallest absolute Gasteiger partial charge is 0.240 e. The van der Waals surface area contributed by atoms with Gasteiger partial charge in [-0.2, -0.15) is 0 Å². The third-order valence-electron chi connectivity index (χ3n) is 5.15. The Labute approximate surface area is 180 Å². The van der Waals surface area contributed by atoms with E-state index in [0.29, 0.717) is 17.9 Å². The molecule has 1 N–H and O–H groups in total. The van der Waals surface area contributed by atoms with Gasteiger partial charge in [0.05, 0.1) is 22.1 Å². The molecule has 4 rings (SSSR count). The lowest BCUT2D eigenvalue weighted by Gasteiger charge is -2.11. The van der Waals surface area contributed by atoms with Gasteiger partial charge in [0.15, 0.2) is 9.84 Å². The maximum Gasteiger partial charge on any atom is 0.240 e. The fourth-order valence-corrected chi connectivity index (χ4v) is 4.48. The molecule has 0 spiro atoms. The van der Waals surface area contributed by atoms with Crippen molar-refractivity contribution in [2.24, 2.45) is 0 Å². The molecular weight excluding hydrogens is 414 g/mol. The fraction of sp³-hybridized carbons (Fsp3) is 0.318. The van der Waals surface area contributed by atoms with Gasteiger partial charge < -0.3 is 14.5 Å². The van der Waals surface area contributed by atoms with Crippen LogP contribution in [-0.2, 0) is 33.5 Å². The number of rotatable bonds is 8. The van der Waals surface area contributed by atoms with Gasteiger partial charge in [-0.15, -0.1) is 0 Å². The number of hydrogen-bond acceptors (Lipinski definition) is 5. The van der Waals surface area contributed by atoms with E-state index in [1.165, 1.54) is 6.26 Å². The lowest BCUT2D eigenvalue weighted by atomic mass is 10.3. The summed E-state index contributed by atoms with van der Waals surface area (Å²) in [6.07, 6.45) is 1.92. The first-order valence-electron chi connectivity index (χ1n) is 10.1. The highest BCUT2D eigenvalue weighted by atomic mass is 32.2. The predicted molar refractivity (Wildman–Crippen MR) is 120 cm³/mol. The van der Waals surface area contributed by atoms with Crippen LogP contribution in [-0.4, -0.2) is 46.2 Å². The molecule has 0 bridgehead atoms. The van der Waals surface area contributed by atoms with Crippen molar-refractivity contribution >= 4 is 37.8 Å². The van der Waals surface area contributed by atoms with Gasteiger partial charge in [0.25, 0.3) is 0 Å². The van der Waals surface area contributed by atoms with E-state index < -0.39 is 9.84 Å². The highest BCUT2D eigenvalue weighted by Gasteiger charge is 2.17. The van der Waals surface area contributed by atoms with Gasteiger partial charge in [-0.1, -0.05) is 24.3 Å². The molecule has 0 aliphatic carbocycles. The molecule has 4 aromatic rings. The van der Waals surface area contributed by atoms with Gasteiger partial charge in [0.2, 0.25) is 5.91 Å². The van der Waals surface area contributed by atoms with Crippen molar-refractivity contribution in [3.8, 4) is 0 Å². The zero-order chi connectivity index (χ0) is 22.0. The van der Waals surface area contributed by atoms with Gasteiger partial charge in [-0.05, 0) is 37.6 Å². The number of carbonyl (C=O) groups is 1. The number of carbonyl (C=O) groups excluding carboxylic acids is 1. The first-order valence-corrected chi connectivity index (χ1v) is 12.2. The van der Waals surface area contributed by atoms with E-state index in [4.69, 9.17) is 0 Å². The molecular formula is C22H25N5O3S. The van der Waals surface area contributed by atoms with Gasteiger partial charge in [0, 0.05) is 19.3 Å². The number of sulfone groups is 1. The molecule has 0 atom stereocenters. The van der Waals surface area contributed by atoms with Crippen molar-refractivity contribution in [1.29, 1.82) is 0 Å². The minimum atomic E-state index is -3.27. The molecule has 2 aromatic carbocycles. The summed E-state index contributed by atoms with van der Waals surface area (Å²) in [5, 5.41) is 2.93. The van der Waals surface area contributed by atoms with Gasteiger partial charge >= 0.3 is 0 Å². The molecule has 0 fully saturated rings. The van der Waals surface area contributed by atoms with Crippen LogP contribution in [0, 0.1) is 6.92 Å². The Kier molecular flexibility index (Phi) is 5.77. The normalized spacial score (nSPS) is 11.9. The lowest BCUT2D eigenvalue weighted by molar-refractivity contribution is -0.121. The minimum absolute atomic E-state index is 0.0262. The van der Waals surface area contributed by atoms with Crippen LogP contribution in [0.25, 0.3) is 22.1 Å². The molecule has 2 aromatic heterocycles. The molecule has 2 heterocycles. The second-order valence-corrected chi connectivity index (χ2v) is 9.82. The number of imidazole rings is 2. The Morgan fingerprint density at radius 1 is 0.968 bits per heavy atom. The van der Waals surface area contributed by atoms with E-state index in [-0.39, 0.29) is 18.2 Å². The van der Waals surface area contributed by atoms with E-state index in [9.17, 15) is 13.2 Å². The van der Waals surface area contributed by atoms with Crippen LogP contribution in [0.3, 0.4) is 0 Å². The quantitative estimate of drug-likeness (QED) is 0.425. The van der Waals surface area contributed by atoms with Crippen molar-refractivity contribution in [2.75, 3.05) is 12.8 Å². The maximum atomic E-state index is 12.6. The highest BCUT2D eigenvalue weighted by Crippen LogP contribution is 2.18. The average Bonchev–Trinajstić information content (AvgIpc) is 3.21. The molecule has 9 heteroatoms. The molecule has 31 heavy (non-hydrogen) atoms. The summed E-state index contributed by atoms with van der Waals surface area (Å²) in [6.45, 7) is 3.27. The first kappa shape index (κ1) is 21.0. The van der Waals surface area contributed by atoms with Crippen molar-refractivity contribution in [3.05, 3.63) is 60.2 Å². The number of hydrogen-bond donors (Lipinski definition) is 1. The Bertz CT molecular complexity index is 1350. The van der Waals surface area contributed by atoms with Crippen molar-refractivity contribution < 1.29 is 13.2 Å². The third-order valence-corrected chi connectivity index (χ3v) is 5.94. The fourth-order valence-electron chi connectivity index (χ4n) is 3.79. The molecule has 0 radical (unpaired) electrons. The molecule has 0 saturated carbocycles. The van der Waals surface area contributed by atoms with Crippen LogP contribution in [0.2, 0.25) is 0 Å². The van der Waals surface area contributed by atoms with Crippen LogP contribution in [0.15, 0.2) is 48.5 Å². The van der Waals surface area contributed by atoms with E-state index in [2.05, 4.69) is 19.9 Å². The van der Waals surface area contributed by atoms with E-state index in [0.717, 1.165) is 35.3 Å². The number of aryl methyl sites for hydroxylation is 2. The Balaban J connectivity index is 1.40. The minimum Gasteiger partial charge on any atom is -0.354 e. The summed E-state index contributed by atoms with van der Waals surface area (Å²) < 4.78 is 27.4. The zero-order valence-corrected chi connectivity index (χ0v) is 18.4. The van der Waals surface area contributed by atoms with Crippen molar-refractivity contribution in [1.82, 2.24) is 24.4 Å². The van der Waals surface area contributed by atoms with E-state index in [1.54, 1.807) is 4.57 Å². The van der Waals surface area contributed by atoms with Crippen LogP contribution in [0.4, 0.5) is 0 Å². The first-order chi connectivity index (χ1) is 14.8. The molecule has 0 aliphatic heterocycles. The van der Waals surface area contributed by atoms with Crippen LogP contribution < -0.4 is 5.32 Å². The third kappa shape index (κ3) is 4.77. The number of benzene rings is 2. The van der Waals surface area contributed by atoms with Gasteiger partial charge in [0.1, 0.15) is 23.9 Å². The van der Waals surface area contributed by atoms with Crippen molar-refractivity contribution in [3.63, 3.8) is 0 Å². The predicted octanol–water partition coefficient (Wildman–Crippen LogP) is 2.45. The van der Waals surface area contributed by atoms with E-state index >= 15 is 0 Å². The molecule has 8 nitrogen and oxygen atoms in total. The second-order valence-electron chi connectivity index (χ2n) is 7.68. The highest BCUT2D eigenvalue weighted by molar-refractivity contribution is 7.89. The topological polar surface area (TPSA) is 98.9 Å². The van der Waals surface area contributed by atoms with Crippen LogP contribution in [0.1, 0.15) is 18.1 Å². The monoisotopic (exact) mass is 439 g/mol. The summed E-state index contributed by atoms with van der Waals surface area (Å²) in [6, 6.07) is 15.3. The van der Waals surface area contributed by atoms with Crippen molar-refractivity contribution in [2.45, 2.75) is 32.2 Å².